The largest absolute Gasteiger partial charge is 0.491 e. The molecule has 3 rings (SSSR count). The Kier molecular flexibility index (Phi) is 5.39. The van der Waals surface area contributed by atoms with Gasteiger partial charge in [0.25, 0.3) is 0 Å². The Morgan fingerprint density at radius 2 is 2.21 bits per heavy atom. The van der Waals surface area contributed by atoms with Crippen LogP contribution >= 0.6 is 0 Å². The van der Waals surface area contributed by atoms with Crippen molar-refractivity contribution in [2.24, 2.45) is 7.05 Å². The number of rotatable bonds is 6. The summed E-state index contributed by atoms with van der Waals surface area (Å²) in [6, 6.07) is 5.74. The van der Waals surface area contributed by atoms with E-state index in [-0.39, 0.29) is 18.5 Å². The number of halogens is 1. The van der Waals surface area contributed by atoms with Crippen LogP contribution in [-0.2, 0) is 11.8 Å². The highest BCUT2D eigenvalue weighted by molar-refractivity contribution is 5.22. The van der Waals surface area contributed by atoms with Crippen LogP contribution in [0.5, 0.6) is 5.75 Å². The molecule has 130 valence electrons. The SMILES string of the molecule is Cn1cnnc1[C@@H]1CN(C[C@@H](O)COc2ccc(F)cc2)CCO1. The molecule has 0 aliphatic carbocycles. The molecule has 1 aromatic carbocycles. The zero-order valence-corrected chi connectivity index (χ0v) is 13.5. The van der Waals surface area contributed by atoms with Gasteiger partial charge in [-0.25, -0.2) is 4.39 Å². The van der Waals surface area contributed by atoms with Gasteiger partial charge in [-0.05, 0) is 24.3 Å². The summed E-state index contributed by atoms with van der Waals surface area (Å²) in [7, 11) is 1.88. The second kappa shape index (κ2) is 7.69. The average molecular weight is 336 g/mol. The van der Waals surface area contributed by atoms with Crippen LogP contribution in [0.2, 0.25) is 0 Å². The van der Waals surface area contributed by atoms with Gasteiger partial charge in [0.05, 0.1) is 6.61 Å². The number of aliphatic hydroxyl groups excluding tert-OH is 1. The highest BCUT2D eigenvalue weighted by atomic mass is 19.1. The van der Waals surface area contributed by atoms with Gasteiger partial charge in [0, 0.05) is 26.7 Å². The molecule has 2 heterocycles. The number of ether oxygens (including phenoxy) is 2. The quantitative estimate of drug-likeness (QED) is 0.840. The van der Waals surface area contributed by atoms with Crippen molar-refractivity contribution in [1.82, 2.24) is 19.7 Å². The van der Waals surface area contributed by atoms with Gasteiger partial charge < -0.3 is 19.1 Å². The van der Waals surface area contributed by atoms with Crippen molar-refractivity contribution in [3.05, 3.63) is 42.2 Å². The van der Waals surface area contributed by atoms with Crippen molar-refractivity contribution in [2.75, 3.05) is 32.8 Å². The van der Waals surface area contributed by atoms with Gasteiger partial charge in [-0.2, -0.15) is 0 Å². The van der Waals surface area contributed by atoms with Crippen molar-refractivity contribution in [3.8, 4) is 5.75 Å². The fourth-order valence-electron chi connectivity index (χ4n) is 2.68. The van der Waals surface area contributed by atoms with E-state index in [1.165, 1.54) is 12.1 Å². The predicted octanol–water partition coefficient (Wildman–Crippen LogP) is 0.767. The molecule has 1 aromatic heterocycles. The van der Waals surface area contributed by atoms with Crippen molar-refractivity contribution in [3.63, 3.8) is 0 Å². The zero-order chi connectivity index (χ0) is 16.9. The van der Waals surface area contributed by atoms with Crippen LogP contribution < -0.4 is 4.74 Å². The minimum atomic E-state index is -0.645. The number of aryl methyl sites for hydroxylation is 1. The molecule has 1 aliphatic rings. The van der Waals surface area contributed by atoms with Crippen LogP contribution in [0, 0.1) is 5.82 Å². The number of morpholine rings is 1. The van der Waals surface area contributed by atoms with Gasteiger partial charge in [-0.1, -0.05) is 0 Å². The van der Waals surface area contributed by atoms with E-state index in [2.05, 4.69) is 15.1 Å². The number of β-amino-alcohol motifs (C(OH)–C–C–N with tert-alkyl or cyclic N) is 1. The van der Waals surface area contributed by atoms with E-state index in [0.717, 1.165) is 12.4 Å². The summed E-state index contributed by atoms with van der Waals surface area (Å²) in [5, 5.41) is 18.1. The van der Waals surface area contributed by atoms with E-state index in [0.29, 0.717) is 25.4 Å². The second-order valence-electron chi connectivity index (χ2n) is 5.84. The van der Waals surface area contributed by atoms with Gasteiger partial charge in [-0.15, -0.1) is 10.2 Å². The summed E-state index contributed by atoms with van der Waals surface area (Å²) >= 11 is 0. The average Bonchev–Trinajstić information content (AvgIpc) is 3.01. The van der Waals surface area contributed by atoms with Crippen LogP contribution in [0.1, 0.15) is 11.9 Å². The van der Waals surface area contributed by atoms with Crippen molar-refractivity contribution in [2.45, 2.75) is 12.2 Å². The van der Waals surface area contributed by atoms with Crippen molar-refractivity contribution >= 4 is 0 Å². The number of aromatic nitrogens is 3. The van der Waals surface area contributed by atoms with Gasteiger partial charge >= 0.3 is 0 Å². The molecule has 7 nitrogen and oxygen atoms in total. The van der Waals surface area contributed by atoms with E-state index < -0.39 is 6.10 Å². The van der Waals surface area contributed by atoms with Crippen molar-refractivity contribution < 1.29 is 19.0 Å². The molecular weight excluding hydrogens is 315 g/mol. The first-order chi connectivity index (χ1) is 11.6. The number of nitrogens with zero attached hydrogens (tertiary/aromatic N) is 4. The Morgan fingerprint density at radius 1 is 1.42 bits per heavy atom. The van der Waals surface area contributed by atoms with E-state index in [4.69, 9.17) is 9.47 Å². The zero-order valence-electron chi connectivity index (χ0n) is 13.5. The third kappa shape index (κ3) is 4.28. The lowest BCUT2D eigenvalue weighted by atomic mass is 10.2. The highest BCUT2D eigenvalue weighted by Gasteiger charge is 2.26. The third-order valence-corrected chi connectivity index (χ3v) is 3.91. The maximum absolute atomic E-state index is 12.8. The Balaban J connectivity index is 1.48. The lowest BCUT2D eigenvalue weighted by Gasteiger charge is -2.33. The summed E-state index contributed by atoms with van der Waals surface area (Å²) in [6.45, 7) is 2.57. The normalized spacial score (nSPS) is 20.0. The molecule has 2 aromatic rings. The second-order valence-corrected chi connectivity index (χ2v) is 5.84. The smallest absolute Gasteiger partial charge is 0.163 e. The fourth-order valence-corrected chi connectivity index (χ4v) is 2.68. The lowest BCUT2D eigenvalue weighted by molar-refractivity contribution is -0.0506. The molecule has 0 unspecified atom stereocenters. The van der Waals surface area contributed by atoms with Crippen LogP contribution in [0.4, 0.5) is 4.39 Å². The van der Waals surface area contributed by atoms with Gasteiger partial charge in [-0.3, -0.25) is 4.90 Å². The third-order valence-electron chi connectivity index (χ3n) is 3.91. The van der Waals surface area contributed by atoms with Gasteiger partial charge in [0.1, 0.15) is 36.7 Å². The molecule has 24 heavy (non-hydrogen) atoms. The molecule has 0 radical (unpaired) electrons. The molecule has 8 heteroatoms. The Bertz CT molecular complexity index is 649. The molecule has 2 atom stereocenters. The van der Waals surface area contributed by atoms with Crippen LogP contribution in [0.15, 0.2) is 30.6 Å². The minimum absolute atomic E-state index is 0.150. The highest BCUT2D eigenvalue weighted by Crippen LogP contribution is 2.20. The molecular formula is C16H21FN4O3. The van der Waals surface area contributed by atoms with Gasteiger partial charge in [0.15, 0.2) is 5.82 Å². The topological polar surface area (TPSA) is 72.6 Å². The standard InChI is InChI=1S/C16H21FN4O3/c1-20-11-18-19-16(20)15-9-21(6-7-23-15)8-13(22)10-24-14-4-2-12(17)3-5-14/h2-5,11,13,15,22H,6-10H2,1H3/t13-,15+/m1/s1. The fraction of sp³-hybridized carbons (Fsp3) is 0.500. The first-order valence-electron chi connectivity index (χ1n) is 7.86. The molecule has 0 amide bonds. The van der Waals surface area contributed by atoms with Crippen molar-refractivity contribution in [1.29, 1.82) is 0 Å². The van der Waals surface area contributed by atoms with E-state index in [1.54, 1.807) is 18.5 Å². The number of hydrogen-bond donors (Lipinski definition) is 1. The maximum Gasteiger partial charge on any atom is 0.163 e. The predicted molar refractivity (Wildman–Crippen MR) is 84.0 cm³/mol. The monoisotopic (exact) mass is 336 g/mol. The van der Waals surface area contributed by atoms with Crippen LogP contribution in [-0.4, -0.2) is 63.7 Å². The summed E-state index contributed by atoms with van der Waals surface area (Å²) in [6.07, 6.45) is 0.841. The number of benzene rings is 1. The minimum Gasteiger partial charge on any atom is -0.491 e. The maximum atomic E-state index is 12.8. The molecule has 0 spiro atoms. The summed E-state index contributed by atoms with van der Waals surface area (Å²) in [5.41, 5.74) is 0. The molecule has 0 bridgehead atoms. The first-order valence-corrected chi connectivity index (χ1v) is 7.86. The van der Waals surface area contributed by atoms with E-state index in [1.807, 2.05) is 11.6 Å². The van der Waals surface area contributed by atoms with E-state index in [9.17, 15) is 9.50 Å². The van der Waals surface area contributed by atoms with Gasteiger partial charge in [0.2, 0.25) is 0 Å². The summed E-state index contributed by atoms with van der Waals surface area (Å²) in [5.74, 6) is 0.997. The molecule has 0 saturated carbocycles. The molecule has 1 fully saturated rings. The van der Waals surface area contributed by atoms with Crippen LogP contribution in [0.3, 0.4) is 0 Å². The summed E-state index contributed by atoms with van der Waals surface area (Å²) < 4.78 is 25.9. The van der Waals surface area contributed by atoms with Crippen LogP contribution in [0.25, 0.3) is 0 Å². The molecule has 1 N–H and O–H groups in total. The molecule has 1 saturated heterocycles. The number of hydrogen-bond acceptors (Lipinski definition) is 6. The Hall–Kier alpha value is -2.03. The lowest BCUT2D eigenvalue weighted by Crippen LogP contribution is -2.44. The Labute approximate surface area is 139 Å². The molecule has 1 aliphatic heterocycles. The summed E-state index contributed by atoms with van der Waals surface area (Å²) in [4.78, 5) is 2.11. The Morgan fingerprint density at radius 3 is 2.92 bits per heavy atom. The van der Waals surface area contributed by atoms with E-state index >= 15 is 0 Å². The first kappa shape index (κ1) is 16.8. The number of aliphatic hydroxyl groups is 1.